The van der Waals surface area contributed by atoms with Crippen LogP contribution in [-0.4, -0.2) is 16.1 Å². The number of amides is 1. The maximum Gasteiger partial charge on any atom is 0.253 e. The van der Waals surface area contributed by atoms with Crippen molar-refractivity contribution in [3.63, 3.8) is 0 Å². The van der Waals surface area contributed by atoms with E-state index in [2.05, 4.69) is 15.5 Å². The van der Waals surface area contributed by atoms with E-state index in [9.17, 15) is 4.79 Å². The highest BCUT2D eigenvalue weighted by atomic mass is 35.5. The Kier molecular flexibility index (Phi) is 3.50. The van der Waals surface area contributed by atoms with E-state index in [4.69, 9.17) is 17.3 Å². The van der Waals surface area contributed by atoms with Gasteiger partial charge in [0.1, 0.15) is 0 Å². The second kappa shape index (κ2) is 5.46. The van der Waals surface area contributed by atoms with E-state index in [0.717, 1.165) is 16.5 Å². The topological polar surface area (TPSA) is 83.8 Å². The number of H-pyrrole nitrogens is 1. The number of carbonyl (C=O) groups excluding carboxylic acids is 1. The van der Waals surface area contributed by atoms with Gasteiger partial charge in [0.2, 0.25) is 0 Å². The molecule has 0 unspecified atom stereocenters. The van der Waals surface area contributed by atoms with Gasteiger partial charge in [-0.05, 0) is 29.8 Å². The molecule has 0 spiro atoms. The van der Waals surface area contributed by atoms with Crippen LogP contribution in [0.15, 0.2) is 42.5 Å². The van der Waals surface area contributed by atoms with Crippen LogP contribution in [0.2, 0.25) is 5.02 Å². The molecule has 6 heteroatoms. The molecule has 1 amide bonds. The number of hydrogen-bond acceptors (Lipinski definition) is 3. The van der Waals surface area contributed by atoms with Crippen LogP contribution in [0, 0.1) is 0 Å². The molecular weight excluding hydrogens is 288 g/mol. The molecule has 0 saturated carbocycles. The number of rotatable bonds is 3. The van der Waals surface area contributed by atoms with Crippen molar-refractivity contribution in [2.24, 2.45) is 0 Å². The Morgan fingerprint density at radius 2 is 2.10 bits per heavy atom. The molecule has 5 nitrogen and oxygen atoms in total. The Bertz CT molecular complexity index is 812. The molecule has 4 N–H and O–H groups in total. The molecule has 2 aromatic carbocycles. The molecule has 0 radical (unpaired) electrons. The number of fused-ring (bicyclic) bond motifs is 1. The molecule has 3 aromatic rings. The number of aromatic nitrogens is 2. The zero-order valence-corrected chi connectivity index (χ0v) is 11.8. The maximum absolute atomic E-state index is 12.1. The molecule has 0 aliphatic heterocycles. The predicted octanol–water partition coefficient (Wildman–Crippen LogP) is 2.73. The summed E-state index contributed by atoms with van der Waals surface area (Å²) in [5.41, 5.74) is 8.04. The van der Waals surface area contributed by atoms with E-state index in [1.807, 2.05) is 18.2 Å². The van der Waals surface area contributed by atoms with Gasteiger partial charge in [-0.3, -0.25) is 9.89 Å². The fourth-order valence-corrected chi connectivity index (χ4v) is 2.34. The zero-order chi connectivity index (χ0) is 14.8. The Labute approximate surface area is 126 Å². The summed E-state index contributed by atoms with van der Waals surface area (Å²) >= 11 is 6.00. The standard InChI is InChI=1S/C15H13ClN4O/c16-12-4-2-1-3-10(12)15(21)18-8-9-5-6-13-11(7-9)14(17)20-19-13/h1-7H,8H2,(H,18,21)(H3,17,19,20). The van der Waals surface area contributed by atoms with Gasteiger partial charge in [-0.2, -0.15) is 5.10 Å². The summed E-state index contributed by atoms with van der Waals surface area (Å²) in [4.78, 5) is 12.1. The Balaban J connectivity index is 1.75. The van der Waals surface area contributed by atoms with Crippen LogP contribution >= 0.6 is 11.6 Å². The minimum absolute atomic E-state index is 0.208. The van der Waals surface area contributed by atoms with Gasteiger partial charge in [-0.1, -0.05) is 29.8 Å². The first-order chi connectivity index (χ1) is 10.1. The monoisotopic (exact) mass is 300 g/mol. The van der Waals surface area contributed by atoms with E-state index in [1.165, 1.54) is 0 Å². The summed E-state index contributed by atoms with van der Waals surface area (Å²) in [6, 6.07) is 12.6. The Morgan fingerprint density at radius 1 is 1.29 bits per heavy atom. The number of carbonyl (C=O) groups is 1. The minimum Gasteiger partial charge on any atom is -0.382 e. The van der Waals surface area contributed by atoms with Crippen LogP contribution in [0.25, 0.3) is 10.9 Å². The van der Waals surface area contributed by atoms with Gasteiger partial charge in [0.15, 0.2) is 5.82 Å². The average Bonchev–Trinajstić information content (AvgIpc) is 2.86. The second-order valence-electron chi connectivity index (χ2n) is 4.65. The minimum atomic E-state index is -0.208. The number of nitrogens with one attached hydrogen (secondary N) is 2. The molecule has 1 heterocycles. The molecule has 0 atom stereocenters. The first kappa shape index (κ1) is 13.5. The molecule has 3 rings (SSSR count). The number of halogens is 1. The molecule has 106 valence electrons. The third-order valence-corrected chi connectivity index (χ3v) is 3.56. The van der Waals surface area contributed by atoms with Crippen LogP contribution in [-0.2, 0) is 6.54 Å². The van der Waals surface area contributed by atoms with E-state index in [0.29, 0.717) is 22.9 Å². The van der Waals surface area contributed by atoms with Crippen molar-refractivity contribution in [2.75, 3.05) is 5.73 Å². The van der Waals surface area contributed by atoms with Crippen molar-refractivity contribution in [2.45, 2.75) is 6.54 Å². The highest BCUT2D eigenvalue weighted by Crippen LogP contribution is 2.19. The summed E-state index contributed by atoms with van der Waals surface area (Å²) in [6.07, 6.45) is 0. The van der Waals surface area contributed by atoms with Crippen LogP contribution in [0.3, 0.4) is 0 Å². The zero-order valence-electron chi connectivity index (χ0n) is 11.1. The molecule has 0 bridgehead atoms. The third kappa shape index (κ3) is 2.68. The largest absolute Gasteiger partial charge is 0.382 e. The van der Waals surface area contributed by atoms with Crippen LogP contribution in [0.5, 0.6) is 0 Å². The summed E-state index contributed by atoms with van der Waals surface area (Å²) < 4.78 is 0. The summed E-state index contributed by atoms with van der Waals surface area (Å²) in [6.45, 7) is 0.393. The maximum atomic E-state index is 12.1. The Morgan fingerprint density at radius 3 is 2.90 bits per heavy atom. The number of hydrogen-bond donors (Lipinski definition) is 3. The first-order valence-electron chi connectivity index (χ1n) is 6.40. The van der Waals surface area contributed by atoms with Gasteiger partial charge in [0.05, 0.1) is 16.1 Å². The van der Waals surface area contributed by atoms with Gasteiger partial charge in [-0.15, -0.1) is 0 Å². The fourth-order valence-electron chi connectivity index (χ4n) is 2.11. The normalized spacial score (nSPS) is 10.7. The van der Waals surface area contributed by atoms with Crippen molar-refractivity contribution in [3.8, 4) is 0 Å². The summed E-state index contributed by atoms with van der Waals surface area (Å²) in [5.74, 6) is 0.241. The smallest absolute Gasteiger partial charge is 0.253 e. The van der Waals surface area contributed by atoms with Crippen LogP contribution < -0.4 is 11.1 Å². The number of nitrogen functional groups attached to an aromatic ring is 1. The Hall–Kier alpha value is -2.53. The van der Waals surface area contributed by atoms with Crippen molar-refractivity contribution in [1.82, 2.24) is 15.5 Å². The van der Waals surface area contributed by atoms with E-state index in [-0.39, 0.29) is 5.91 Å². The van der Waals surface area contributed by atoms with E-state index < -0.39 is 0 Å². The average molecular weight is 301 g/mol. The van der Waals surface area contributed by atoms with Crippen molar-refractivity contribution < 1.29 is 4.79 Å². The van der Waals surface area contributed by atoms with E-state index in [1.54, 1.807) is 24.3 Å². The highest BCUT2D eigenvalue weighted by Gasteiger charge is 2.09. The predicted molar refractivity (Wildman–Crippen MR) is 83.1 cm³/mol. The van der Waals surface area contributed by atoms with Crippen LogP contribution in [0.4, 0.5) is 5.82 Å². The lowest BCUT2D eigenvalue weighted by molar-refractivity contribution is 0.0951. The van der Waals surface area contributed by atoms with Crippen LogP contribution in [0.1, 0.15) is 15.9 Å². The summed E-state index contributed by atoms with van der Waals surface area (Å²) in [5, 5.41) is 10.9. The summed E-state index contributed by atoms with van der Waals surface area (Å²) in [7, 11) is 0. The first-order valence-corrected chi connectivity index (χ1v) is 6.78. The lowest BCUT2D eigenvalue weighted by Crippen LogP contribution is -2.23. The number of benzene rings is 2. The molecule has 1 aromatic heterocycles. The molecule has 0 saturated heterocycles. The quantitative estimate of drug-likeness (QED) is 0.695. The highest BCUT2D eigenvalue weighted by molar-refractivity contribution is 6.33. The van der Waals surface area contributed by atoms with Crippen molar-refractivity contribution >= 4 is 34.2 Å². The fraction of sp³-hybridized carbons (Fsp3) is 0.0667. The lowest BCUT2D eigenvalue weighted by Gasteiger charge is -2.07. The lowest BCUT2D eigenvalue weighted by atomic mass is 10.1. The van der Waals surface area contributed by atoms with Gasteiger partial charge in [0, 0.05) is 11.9 Å². The van der Waals surface area contributed by atoms with Gasteiger partial charge in [0.25, 0.3) is 5.91 Å². The molecule has 0 aliphatic carbocycles. The number of nitrogens with zero attached hydrogens (tertiary/aromatic N) is 1. The van der Waals surface area contributed by atoms with Gasteiger partial charge < -0.3 is 11.1 Å². The molecule has 0 aliphatic rings. The molecule has 21 heavy (non-hydrogen) atoms. The molecular formula is C15H13ClN4O. The van der Waals surface area contributed by atoms with Gasteiger partial charge >= 0.3 is 0 Å². The second-order valence-corrected chi connectivity index (χ2v) is 5.06. The molecule has 0 fully saturated rings. The SMILES string of the molecule is Nc1n[nH]c2ccc(CNC(=O)c3ccccc3Cl)cc12. The number of aromatic amines is 1. The van der Waals surface area contributed by atoms with E-state index >= 15 is 0 Å². The number of anilines is 1. The number of nitrogens with two attached hydrogens (primary N) is 1. The third-order valence-electron chi connectivity index (χ3n) is 3.23. The van der Waals surface area contributed by atoms with Gasteiger partial charge in [-0.25, -0.2) is 0 Å². The van der Waals surface area contributed by atoms with Crippen molar-refractivity contribution in [3.05, 3.63) is 58.6 Å². The van der Waals surface area contributed by atoms with Crippen molar-refractivity contribution in [1.29, 1.82) is 0 Å².